The topological polar surface area (TPSA) is 4.93 Å². The van der Waals surface area contributed by atoms with Crippen LogP contribution in [0.1, 0.15) is 49.9 Å². The quantitative estimate of drug-likeness (QED) is 0.158. The standard InChI is InChI=1S/C54H39N/c1-53(2)47-19-11-9-17-40(47)42-25-23-34(29-49(42)53)55-51-26-22-33(28-45(51)46-30-44-41-18-10-12-20-48(41)54(3,4)50(44)31-52(46)55)32-21-24-39-37-15-6-5-13-35(37)36-14-7-8-16-38(36)43(39)27-32/h5-31H,1-4H3. The van der Waals surface area contributed by atoms with Crippen molar-refractivity contribution in [1.29, 1.82) is 0 Å². The Morgan fingerprint density at radius 3 is 1.44 bits per heavy atom. The van der Waals surface area contributed by atoms with Crippen LogP contribution < -0.4 is 0 Å². The van der Waals surface area contributed by atoms with Gasteiger partial charge in [0.2, 0.25) is 0 Å². The molecule has 0 spiro atoms. The summed E-state index contributed by atoms with van der Waals surface area (Å²) in [6.45, 7) is 9.52. The first kappa shape index (κ1) is 31.0. The van der Waals surface area contributed by atoms with E-state index < -0.39 is 0 Å². The van der Waals surface area contributed by atoms with Crippen molar-refractivity contribution >= 4 is 54.1 Å². The first-order chi connectivity index (χ1) is 26.8. The second-order valence-electron chi connectivity index (χ2n) is 16.9. The first-order valence-electron chi connectivity index (χ1n) is 19.6. The van der Waals surface area contributed by atoms with Gasteiger partial charge in [-0.1, -0.05) is 149 Å². The lowest BCUT2D eigenvalue weighted by Crippen LogP contribution is -2.15. The maximum absolute atomic E-state index is 2.53. The summed E-state index contributed by atoms with van der Waals surface area (Å²) in [6, 6.07) is 62.0. The summed E-state index contributed by atoms with van der Waals surface area (Å²) < 4.78 is 2.53. The largest absolute Gasteiger partial charge is 0.309 e. The predicted octanol–water partition coefficient (Wildman–Crippen LogP) is 14.5. The fraction of sp³-hybridized carbons (Fsp3) is 0.111. The molecule has 12 rings (SSSR count). The first-order valence-corrected chi connectivity index (χ1v) is 19.6. The van der Waals surface area contributed by atoms with Crippen LogP contribution in [0.2, 0.25) is 0 Å². The third kappa shape index (κ3) is 4.03. The molecule has 0 fully saturated rings. The highest BCUT2D eigenvalue weighted by atomic mass is 15.0. The second kappa shape index (κ2) is 10.6. The third-order valence-electron chi connectivity index (χ3n) is 13.4. The number of fused-ring (bicyclic) bond motifs is 15. The minimum absolute atomic E-state index is 0.0790. The Hall–Kier alpha value is -6.44. The molecule has 1 heteroatoms. The summed E-state index contributed by atoms with van der Waals surface area (Å²) in [7, 11) is 0. The van der Waals surface area contributed by atoms with E-state index in [1.54, 1.807) is 0 Å². The molecule has 0 atom stereocenters. The van der Waals surface area contributed by atoms with Crippen LogP contribution in [-0.4, -0.2) is 4.57 Å². The Balaban J connectivity index is 1.13. The summed E-state index contributed by atoms with van der Waals surface area (Å²) in [5.41, 5.74) is 17.0. The maximum Gasteiger partial charge on any atom is 0.0544 e. The molecule has 1 heterocycles. The van der Waals surface area contributed by atoms with Gasteiger partial charge in [-0.15, -0.1) is 0 Å². The Labute approximate surface area is 321 Å². The number of hydrogen-bond acceptors (Lipinski definition) is 0. The lowest BCUT2D eigenvalue weighted by Gasteiger charge is -2.23. The van der Waals surface area contributed by atoms with Gasteiger partial charge in [-0.25, -0.2) is 0 Å². The van der Waals surface area contributed by atoms with Crippen molar-refractivity contribution in [1.82, 2.24) is 4.57 Å². The molecule has 9 aromatic carbocycles. The third-order valence-corrected chi connectivity index (χ3v) is 13.4. The number of hydrogen-bond donors (Lipinski definition) is 0. The number of benzene rings is 9. The zero-order valence-corrected chi connectivity index (χ0v) is 31.5. The Bertz CT molecular complexity index is 3280. The van der Waals surface area contributed by atoms with Crippen molar-refractivity contribution in [3.63, 3.8) is 0 Å². The van der Waals surface area contributed by atoms with E-state index in [1.165, 1.54) is 115 Å². The van der Waals surface area contributed by atoms with Crippen LogP contribution in [0.4, 0.5) is 0 Å². The summed E-state index contributed by atoms with van der Waals surface area (Å²) in [5.74, 6) is 0. The van der Waals surface area contributed by atoms with Crippen LogP contribution in [0.5, 0.6) is 0 Å². The fourth-order valence-corrected chi connectivity index (χ4v) is 10.6. The van der Waals surface area contributed by atoms with Gasteiger partial charge >= 0.3 is 0 Å². The van der Waals surface area contributed by atoms with Crippen LogP contribution in [-0.2, 0) is 10.8 Å². The molecular weight excluding hydrogens is 663 g/mol. The molecule has 0 radical (unpaired) electrons. The van der Waals surface area contributed by atoms with Crippen LogP contribution in [0.3, 0.4) is 0 Å². The zero-order chi connectivity index (χ0) is 36.8. The highest BCUT2D eigenvalue weighted by molar-refractivity contribution is 6.26. The molecule has 2 aliphatic carbocycles. The molecule has 0 N–H and O–H groups in total. The summed E-state index contributed by atoms with van der Waals surface area (Å²) in [5, 5.41) is 10.4. The normalized spacial score (nSPS) is 14.8. The molecule has 2 aliphatic rings. The fourth-order valence-electron chi connectivity index (χ4n) is 10.6. The monoisotopic (exact) mass is 701 g/mol. The lowest BCUT2D eigenvalue weighted by atomic mass is 9.82. The molecule has 55 heavy (non-hydrogen) atoms. The molecule has 10 aromatic rings. The van der Waals surface area contributed by atoms with Crippen LogP contribution in [0.25, 0.3) is 93.2 Å². The molecule has 1 aromatic heterocycles. The summed E-state index contributed by atoms with van der Waals surface area (Å²) in [6.07, 6.45) is 0. The predicted molar refractivity (Wildman–Crippen MR) is 234 cm³/mol. The number of nitrogens with zero attached hydrogens (tertiary/aromatic N) is 1. The van der Waals surface area contributed by atoms with Gasteiger partial charge < -0.3 is 4.57 Å². The average molecular weight is 702 g/mol. The Morgan fingerprint density at radius 1 is 0.309 bits per heavy atom. The smallest absolute Gasteiger partial charge is 0.0544 e. The van der Waals surface area contributed by atoms with E-state index in [1.807, 2.05) is 0 Å². The number of rotatable bonds is 2. The van der Waals surface area contributed by atoms with Crippen molar-refractivity contribution in [2.75, 3.05) is 0 Å². The summed E-state index contributed by atoms with van der Waals surface area (Å²) in [4.78, 5) is 0. The van der Waals surface area contributed by atoms with E-state index in [4.69, 9.17) is 0 Å². The maximum atomic E-state index is 2.53. The highest BCUT2D eigenvalue weighted by Crippen LogP contribution is 2.53. The lowest BCUT2D eigenvalue weighted by molar-refractivity contribution is 0.659. The van der Waals surface area contributed by atoms with E-state index in [9.17, 15) is 0 Å². The zero-order valence-electron chi connectivity index (χ0n) is 31.5. The van der Waals surface area contributed by atoms with Crippen LogP contribution in [0, 0.1) is 0 Å². The molecule has 0 unspecified atom stereocenters. The number of aromatic nitrogens is 1. The molecule has 0 aliphatic heterocycles. The van der Waals surface area contributed by atoms with Crippen molar-refractivity contribution < 1.29 is 0 Å². The van der Waals surface area contributed by atoms with E-state index in [0.29, 0.717) is 0 Å². The molecule has 0 amide bonds. The van der Waals surface area contributed by atoms with E-state index in [0.717, 1.165) is 0 Å². The molecule has 1 nitrogen and oxygen atoms in total. The van der Waals surface area contributed by atoms with Gasteiger partial charge in [-0.05, 0) is 130 Å². The molecule has 260 valence electrons. The minimum atomic E-state index is -0.0911. The van der Waals surface area contributed by atoms with Gasteiger partial charge in [-0.2, -0.15) is 0 Å². The average Bonchev–Trinajstić information content (AvgIpc) is 3.76. The van der Waals surface area contributed by atoms with Gasteiger partial charge in [0.25, 0.3) is 0 Å². The highest BCUT2D eigenvalue weighted by Gasteiger charge is 2.37. The second-order valence-corrected chi connectivity index (χ2v) is 16.9. The van der Waals surface area contributed by atoms with Gasteiger partial charge in [0.05, 0.1) is 11.0 Å². The van der Waals surface area contributed by atoms with Gasteiger partial charge in [-0.3, -0.25) is 0 Å². The van der Waals surface area contributed by atoms with Gasteiger partial charge in [0.1, 0.15) is 0 Å². The molecule has 0 saturated carbocycles. The van der Waals surface area contributed by atoms with Crippen molar-refractivity contribution in [2.24, 2.45) is 0 Å². The Morgan fingerprint density at radius 2 is 0.782 bits per heavy atom. The van der Waals surface area contributed by atoms with E-state index in [-0.39, 0.29) is 10.8 Å². The van der Waals surface area contributed by atoms with Gasteiger partial charge in [0, 0.05) is 27.3 Å². The van der Waals surface area contributed by atoms with Crippen LogP contribution in [0.15, 0.2) is 164 Å². The SMILES string of the molecule is CC1(C)c2ccccc2-c2ccc(-n3c4ccc(-c5ccc6c7ccccc7c7ccccc7c6c5)cc4c4cc5c(cc43)C(C)(C)c3ccccc3-5)cc21. The van der Waals surface area contributed by atoms with Crippen molar-refractivity contribution in [3.8, 4) is 39.1 Å². The van der Waals surface area contributed by atoms with Crippen molar-refractivity contribution in [3.05, 3.63) is 186 Å². The van der Waals surface area contributed by atoms with Crippen molar-refractivity contribution in [2.45, 2.75) is 38.5 Å². The molecule has 0 saturated heterocycles. The van der Waals surface area contributed by atoms with Crippen LogP contribution >= 0.6 is 0 Å². The molecule has 0 bridgehead atoms. The Kier molecular flexibility index (Phi) is 5.98. The summed E-state index contributed by atoms with van der Waals surface area (Å²) >= 11 is 0. The van der Waals surface area contributed by atoms with E-state index >= 15 is 0 Å². The minimum Gasteiger partial charge on any atom is -0.309 e. The van der Waals surface area contributed by atoms with E-state index in [2.05, 4.69) is 196 Å². The van der Waals surface area contributed by atoms with Gasteiger partial charge in [0.15, 0.2) is 0 Å². The molecular formula is C54H39N.